The first kappa shape index (κ1) is 8.43. The summed E-state index contributed by atoms with van der Waals surface area (Å²) in [7, 11) is 0. The van der Waals surface area contributed by atoms with E-state index < -0.39 is 5.54 Å². The first-order chi connectivity index (χ1) is 4.02. The second-order valence-corrected chi connectivity index (χ2v) is 2.62. The normalized spacial score (nSPS) is 14.0. The van der Waals surface area contributed by atoms with Crippen LogP contribution in [-0.2, 0) is 0 Å². The first-order valence-corrected chi connectivity index (χ1v) is 3.02. The Kier molecular flexibility index (Phi) is 2.65. The molecule has 0 aromatic rings. The lowest BCUT2D eigenvalue weighted by atomic mass is 9.98. The summed E-state index contributed by atoms with van der Waals surface area (Å²) in [6, 6.07) is 0. The Morgan fingerprint density at radius 3 is 2.11 bits per heavy atom. The molecule has 3 N–H and O–H groups in total. The van der Waals surface area contributed by atoms with Crippen molar-refractivity contribution in [2.45, 2.75) is 32.7 Å². The maximum atomic E-state index is 8.37. The number of nitrogens with zero attached hydrogens (tertiary/aromatic N) is 1. The lowest BCUT2D eigenvalue weighted by Crippen LogP contribution is -2.41. The standard InChI is InChI=1S/C6H14N2O/c1-4-5(8-9)6(2,3)7/h9H,4,7H2,1-3H3/b8-5+. The van der Waals surface area contributed by atoms with Crippen LogP contribution in [0.5, 0.6) is 0 Å². The molecular formula is C6H14N2O. The van der Waals surface area contributed by atoms with Crippen LogP contribution in [0.25, 0.3) is 0 Å². The van der Waals surface area contributed by atoms with Crippen molar-refractivity contribution < 1.29 is 5.21 Å². The fraction of sp³-hybridized carbons (Fsp3) is 0.833. The molecule has 0 aliphatic carbocycles. The number of nitrogens with two attached hydrogens (primary N) is 1. The smallest absolute Gasteiger partial charge is 0.0760 e. The van der Waals surface area contributed by atoms with E-state index >= 15 is 0 Å². The van der Waals surface area contributed by atoms with Gasteiger partial charge in [0.25, 0.3) is 0 Å². The van der Waals surface area contributed by atoms with Crippen LogP contribution in [0.3, 0.4) is 0 Å². The van der Waals surface area contributed by atoms with Gasteiger partial charge in [0.2, 0.25) is 0 Å². The summed E-state index contributed by atoms with van der Waals surface area (Å²) < 4.78 is 0. The Balaban J connectivity index is 4.14. The molecule has 54 valence electrons. The highest BCUT2D eigenvalue weighted by molar-refractivity contribution is 5.91. The molecule has 9 heavy (non-hydrogen) atoms. The van der Waals surface area contributed by atoms with E-state index in [0.29, 0.717) is 12.1 Å². The van der Waals surface area contributed by atoms with Crippen LogP contribution >= 0.6 is 0 Å². The Labute approximate surface area is 55.5 Å². The van der Waals surface area contributed by atoms with Gasteiger partial charge in [0.1, 0.15) is 0 Å². The predicted octanol–water partition coefficient (Wildman–Crippen LogP) is 0.964. The van der Waals surface area contributed by atoms with Gasteiger partial charge in [-0.3, -0.25) is 0 Å². The van der Waals surface area contributed by atoms with Crippen molar-refractivity contribution in [1.82, 2.24) is 0 Å². The predicted molar refractivity (Wildman–Crippen MR) is 37.8 cm³/mol. The van der Waals surface area contributed by atoms with Crippen molar-refractivity contribution in [3.63, 3.8) is 0 Å². The molecule has 0 aliphatic heterocycles. The Morgan fingerprint density at radius 2 is 2.11 bits per heavy atom. The maximum Gasteiger partial charge on any atom is 0.0760 e. The van der Waals surface area contributed by atoms with Crippen LogP contribution in [0, 0.1) is 0 Å². The second-order valence-electron chi connectivity index (χ2n) is 2.62. The molecule has 0 saturated heterocycles. The van der Waals surface area contributed by atoms with Crippen molar-refractivity contribution in [3.8, 4) is 0 Å². The molecule has 0 unspecified atom stereocenters. The van der Waals surface area contributed by atoms with E-state index in [2.05, 4.69) is 5.16 Å². The van der Waals surface area contributed by atoms with Gasteiger partial charge in [-0.15, -0.1) is 0 Å². The molecule has 0 saturated carbocycles. The van der Waals surface area contributed by atoms with Gasteiger partial charge >= 0.3 is 0 Å². The highest BCUT2D eigenvalue weighted by Crippen LogP contribution is 2.03. The molecule has 0 radical (unpaired) electrons. The second kappa shape index (κ2) is 2.82. The number of hydrogen-bond acceptors (Lipinski definition) is 3. The van der Waals surface area contributed by atoms with Gasteiger partial charge in [0.05, 0.1) is 11.3 Å². The highest BCUT2D eigenvalue weighted by atomic mass is 16.4. The summed E-state index contributed by atoms with van der Waals surface area (Å²) in [4.78, 5) is 0. The van der Waals surface area contributed by atoms with Crippen LogP contribution in [0.4, 0.5) is 0 Å². The summed E-state index contributed by atoms with van der Waals surface area (Å²) in [5.74, 6) is 0. The molecule has 3 heteroatoms. The van der Waals surface area contributed by atoms with Crippen molar-refractivity contribution in [1.29, 1.82) is 0 Å². The van der Waals surface area contributed by atoms with Crippen molar-refractivity contribution >= 4 is 5.71 Å². The molecule has 0 atom stereocenters. The summed E-state index contributed by atoms with van der Waals surface area (Å²) in [5.41, 5.74) is 5.75. The van der Waals surface area contributed by atoms with Crippen LogP contribution in [0.15, 0.2) is 5.16 Å². The van der Waals surface area contributed by atoms with Crippen molar-refractivity contribution in [3.05, 3.63) is 0 Å². The molecule has 0 bridgehead atoms. The summed E-state index contributed by atoms with van der Waals surface area (Å²) in [6.07, 6.45) is 0.694. The minimum atomic E-state index is -0.483. The zero-order valence-corrected chi connectivity index (χ0v) is 6.18. The molecule has 0 aromatic carbocycles. The largest absolute Gasteiger partial charge is 0.411 e. The van der Waals surface area contributed by atoms with E-state index in [1.165, 1.54) is 0 Å². The highest BCUT2D eigenvalue weighted by Gasteiger charge is 2.17. The van der Waals surface area contributed by atoms with E-state index in [-0.39, 0.29) is 0 Å². The van der Waals surface area contributed by atoms with E-state index in [1.54, 1.807) is 0 Å². The number of oxime groups is 1. The van der Waals surface area contributed by atoms with Gasteiger partial charge < -0.3 is 10.9 Å². The van der Waals surface area contributed by atoms with E-state index in [9.17, 15) is 0 Å². The lowest BCUT2D eigenvalue weighted by Gasteiger charge is -2.17. The van der Waals surface area contributed by atoms with E-state index in [4.69, 9.17) is 10.9 Å². The third-order valence-corrected chi connectivity index (χ3v) is 1.20. The van der Waals surface area contributed by atoms with E-state index in [1.807, 2.05) is 20.8 Å². The maximum absolute atomic E-state index is 8.37. The summed E-state index contributed by atoms with van der Waals surface area (Å²) in [5, 5.41) is 11.4. The van der Waals surface area contributed by atoms with Crippen LogP contribution in [0.2, 0.25) is 0 Å². The van der Waals surface area contributed by atoms with Gasteiger partial charge in [-0.2, -0.15) is 0 Å². The van der Waals surface area contributed by atoms with Crippen LogP contribution in [0.1, 0.15) is 27.2 Å². The van der Waals surface area contributed by atoms with Crippen LogP contribution in [-0.4, -0.2) is 16.5 Å². The third kappa shape index (κ3) is 2.46. The lowest BCUT2D eigenvalue weighted by molar-refractivity contribution is 0.313. The average molecular weight is 130 g/mol. The van der Waals surface area contributed by atoms with Gasteiger partial charge in [-0.25, -0.2) is 0 Å². The summed E-state index contributed by atoms with van der Waals surface area (Å²) >= 11 is 0. The van der Waals surface area contributed by atoms with Gasteiger partial charge in [-0.05, 0) is 20.3 Å². The van der Waals surface area contributed by atoms with Crippen LogP contribution < -0.4 is 5.73 Å². The zero-order valence-electron chi connectivity index (χ0n) is 6.18. The molecule has 0 fully saturated rings. The van der Waals surface area contributed by atoms with Gasteiger partial charge in [0.15, 0.2) is 0 Å². The average Bonchev–Trinajstić information content (AvgIpc) is 1.65. The minimum Gasteiger partial charge on any atom is -0.411 e. The molecule has 0 spiro atoms. The third-order valence-electron chi connectivity index (χ3n) is 1.20. The summed E-state index contributed by atoms with van der Waals surface area (Å²) in [6.45, 7) is 5.53. The molecule has 0 amide bonds. The molecular weight excluding hydrogens is 116 g/mol. The molecule has 0 aliphatic rings. The fourth-order valence-electron chi connectivity index (χ4n) is 0.655. The Bertz CT molecular complexity index is 113. The quantitative estimate of drug-likeness (QED) is 0.332. The Morgan fingerprint density at radius 1 is 1.67 bits per heavy atom. The molecule has 0 heterocycles. The van der Waals surface area contributed by atoms with Gasteiger partial charge in [0, 0.05) is 0 Å². The molecule has 0 rings (SSSR count). The Hall–Kier alpha value is -0.570. The topological polar surface area (TPSA) is 58.6 Å². The van der Waals surface area contributed by atoms with Gasteiger partial charge in [-0.1, -0.05) is 12.1 Å². The van der Waals surface area contributed by atoms with Crippen molar-refractivity contribution in [2.75, 3.05) is 0 Å². The molecule has 3 nitrogen and oxygen atoms in total. The van der Waals surface area contributed by atoms with Crippen molar-refractivity contribution in [2.24, 2.45) is 10.9 Å². The monoisotopic (exact) mass is 130 g/mol. The van der Waals surface area contributed by atoms with E-state index in [0.717, 1.165) is 0 Å². The SMILES string of the molecule is CC/C(=N\O)C(C)(C)N. The number of rotatable bonds is 2. The minimum absolute atomic E-state index is 0.483. The number of hydrogen-bond donors (Lipinski definition) is 2. The first-order valence-electron chi connectivity index (χ1n) is 3.02. The zero-order chi connectivity index (χ0) is 7.49. The fourth-order valence-corrected chi connectivity index (χ4v) is 0.655. The molecule has 0 aromatic heterocycles.